The van der Waals surface area contributed by atoms with E-state index in [0.29, 0.717) is 45.4 Å². The topological polar surface area (TPSA) is 97.6 Å². The summed E-state index contributed by atoms with van der Waals surface area (Å²) in [5, 5.41) is 11.2. The maximum atomic E-state index is 13.2. The Kier molecular flexibility index (Phi) is 11.1. The van der Waals surface area contributed by atoms with Crippen LogP contribution in [0.5, 0.6) is 0 Å². The number of aliphatic hydroxyl groups excluding tert-OH is 1. The number of aliphatic hydroxyl groups is 1. The zero-order valence-electron chi connectivity index (χ0n) is 20.7. The van der Waals surface area contributed by atoms with Gasteiger partial charge in [-0.05, 0) is 56.0 Å². The highest BCUT2D eigenvalue weighted by Crippen LogP contribution is 2.37. The van der Waals surface area contributed by atoms with Gasteiger partial charge in [0.15, 0.2) is 12.4 Å². The second kappa shape index (κ2) is 13.0. The first-order valence-corrected chi connectivity index (χ1v) is 11.2. The van der Waals surface area contributed by atoms with Crippen molar-refractivity contribution in [2.75, 3.05) is 12.4 Å². The summed E-state index contributed by atoms with van der Waals surface area (Å²) in [5.41, 5.74) is 1.54. The molecule has 2 aromatic carbocycles. The molecule has 1 aromatic heterocycles. The number of aldehydes is 1. The molecule has 0 saturated heterocycles. The monoisotopic (exact) mass is 488 g/mol. The Morgan fingerprint density at radius 1 is 1.03 bits per heavy atom. The summed E-state index contributed by atoms with van der Waals surface area (Å²) < 4.78 is 7.43. The van der Waals surface area contributed by atoms with E-state index >= 15 is 0 Å². The number of nitrogens with zero attached hydrogens (tertiary/aromatic N) is 1. The number of carbonyl (C=O) groups is 2. The molecule has 1 atom stereocenters. The molecule has 184 valence electrons. The van der Waals surface area contributed by atoms with Gasteiger partial charge in [-0.15, -0.1) is 0 Å². The van der Waals surface area contributed by atoms with Gasteiger partial charge >= 0.3 is 0 Å². The van der Waals surface area contributed by atoms with E-state index in [0.717, 1.165) is 12.7 Å². The molecule has 1 heterocycles. The number of pyridine rings is 1. The molecule has 0 bridgehead atoms. The van der Waals surface area contributed by atoms with Gasteiger partial charge in [-0.2, -0.15) is 0 Å². The Hall–Kier alpha value is -3.00. The first-order valence-electron chi connectivity index (χ1n) is 10.9. The summed E-state index contributed by atoms with van der Waals surface area (Å²) in [4.78, 5) is 36.1. The highest BCUT2D eigenvalue weighted by atomic mass is 35.5. The summed E-state index contributed by atoms with van der Waals surface area (Å²) in [6.07, 6.45) is 0.304. The maximum absolute atomic E-state index is 13.2. The highest BCUT2D eigenvalue weighted by Gasteiger charge is 2.27. The van der Waals surface area contributed by atoms with Crippen molar-refractivity contribution in [1.29, 1.82) is 0 Å². The lowest BCUT2D eigenvalue weighted by atomic mass is 9.94. The van der Waals surface area contributed by atoms with Gasteiger partial charge in [0.2, 0.25) is 6.41 Å². The van der Waals surface area contributed by atoms with Crippen LogP contribution in [0.2, 0.25) is 5.02 Å². The number of fused-ring (bicyclic) bond motifs is 1. The zero-order valence-corrected chi connectivity index (χ0v) is 21.4. The van der Waals surface area contributed by atoms with Crippen LogP contribution in [0.25, 0.3) is 21.9 Å². The number of aromatic nitrogens is 1. The molecule has 0 aliphatic carbocycles. The summed E-state index contributed by atoms with van der Waals surface area (Å²) >= 11 is 6.07. The van der Waals surface area contributed by atoms with Crippen LogP contribution < -0.4 is 10.9 Å². The van der Waals surface area contributed by atoms with Crippen molar-refractivity contribution in [2.45, 2.75) is 46.3 Å². The van der Waals surface area contributed by atoms with Crippen molar-refractivity contribution in [3.63, 3.8) is 0 Å². The summed E-state index contributed by atoms with van der Waals surface area (Å²) in [7, 11) is 2.61. The van der Waals surface area contributed by atoms with E-state index in [1.54, 1.807) is 37.4 Å². The van der Waals surface area contributed by atoms with Crippen LogP contribution in [0.3, 0.4) is 0 Å². The molecule has 0 aliphatic heterocycles. The van der Waals surface area contributed by atoms with Gasteiger partial charge in [-0.3, -0.25) is 9.59 Å². The van der Waals surface area contributed by atoms with Crippen LogP contribution in [-0.2, 0) is 21.4 Å². The summed E-state index contributed by atoms with van der Waals surface area (Å²) in [6.45, 7) is 9.55. The largest absolute Gasteiger partial charge is 0.400 e. The van der Waals surface area contributed by atoms with Gasteiger partial charge in [0, 0.05) is 35.8 Å². The van der Waals surface area contributed by atoms with Crippen molar-refractivity contribution in [2.24, 2.45) is 7.05 Å². The van der Waals surface area contributed by atoms with Gasteiger partial charge in [0.05, 0.1) is 11.3 Å². The summed E-state index contributed by atoms with van der Waals surface area (Å²) in [5.74, 6) is 0. The normalized spacial score (nSPS) is 11.4. The SMILES string of the molecule is CC.CO.Cn1c(C(C=O)OC(C)(C)C)c(-c2ccc(Cl)cc2)c2ccc(NC=O)cc2c1=O. The second-order valence-electron chi connectivity index (χ2n) is 7.94. The van der Waals surface area contributed by atoms with Crippen LogP contribution in [-0.4, -0.2) is 35.1 Å². The molecule has 0 saturated carbocycles. The number of nitrogens with one attached hydrogen (secondary N) is 1. The fourth-order valence-corrected chi connectivity index (χ4v) is 3.60. The summed E-state index contributed by atoms with van der Waals surface area (Å²) in [6, 6.07) is 12.3. The molecule has 8 heteroatoms. The lowest BCUT2D eigenvalue weighted by molar-refractivity contribution is -0.129. The minimum Gasteiger partial charge on any atom is -0.400 e. The number of halogens is 1. The fourth-order valence-electron chi connectivity index (χ4n) is 3.47. The molecule has 0 spiro atoms. The standard InChI is InChI=1S/C23H23ClN2O4.C2H6.CH4O/c1-23(2,3)30-19(12-27)21-20(14-5-7-15(24)8-6-14)17-10-9-16(25-13-28)11-18(17)22(29)26(21)4;2*1-2/h5-13,19H,1-4H3,(H,25,28);1-2H3;2H,1H3. The van der Waals surface area contributed by atoms with Crippen molar-refractivity contribution in [3.8, 4) is 11.1 Å². The minimum absolute atomic E-state index is 0.295. The lowest BCUT2D eigenvalue weighted by Crippen LogP contribution is -2.30. The third-order valence-corrected chi connectivity index (χ3v) is 4.93. The first kappa shape index (κ1) is 29.0. The molecule has 0 fully saturated rings. The van der Waals surface area contributed by atoms with Crippen molar-refractivity contribution in [3.05, 3.63) is 63.5 Å². The molecule has 1 amide bonds. The van der Waals surface area contributed by atoms with E-state index in [-0.39, 0.29) is 5.56 Å². The number of anilines is 1. The molecule has 0 radical (unpaired) electrons. The number of amides is 1. The average molecular weight is 489 g/mol. The van der Waals surface area contributed by atoms with Crippen LogP contribution in [0, 0.1) is 0 Å². The molecule has 7 nitrogen and oxygen atoms in total. The maximum Gasteiger partial charge on any atom is 0.258 e. The number of rotatable bonds is 6. The Balaban J connectivity index is 0.00000137. The smallest absolute Gasteiger partial charge is 0.258 e. The molecule has 0 aliphatic rings. The highest BCUT2D eigenvalue weighted by molar-refractivity contribution is 6.30. The quantitative estimate of drug-likeness (QED) is 0.469. The zero-order chi connectivity index (χ0) is 26.1. The van der Waals surface area contributed by atoms with E-state index in [4.69, 9.17) is 21.4 Å². The molecule has 3 aromatic rings. The molecule has 34 heavy (non-hydrogen) atoms. The Morgan fingerprint density at radius 2 is 1.62 bits per heavy atom. The van der Waals surface area contributed by atoms with Gasteiger partial charge < -0.3 is 24.5 Å². The molecule has 3 rings (SSSR count). The third-order valence-electron chi connectivity index (χ3n) is 4.67. The first-order chi connectivity index (χ1) is 16.2. The van der Waals surface area contributed by atoms with Crippen molar-refractivity contribution in [1.82, 2.24) is 4.57 Å². The predicted octanol–water partition coefficient (Wildman–Crippen LogP) is 5.12. The Labute approximate surface area is 205 Å². The predicted molar refractivity (Wildman–Crippen MR) is 138 cm³/mol. The average Bonchev–Trinajstić information content (AvgIpc) is 2.83. The fraction of sp³-hybridized carbons (Fsp3) is 0.346. The van der Waals surface area contributed by atoms with Gasteiger partial charge in [-0.1, -0.05) is 43.6 Å². The van der Waals surface area contributed by atoms with Crippen molar-refractivity contribution < 1.29 is 19.4 Å². The minimum atomic E-state index is -0.953. The molecule has 1 unspecified atom stereocenters. The van der Waals surface area contributed by atoms with Crippen LogP contribution >= 0.6 is 11.6 Å². The van der Waals surface area contributed by atoms with E-state index in [1.807, 2.05) is 46.8 Å². The third kappa shape index (κ3) is 6.76. The van der Waals surface area contributed by atoms with E-state index in [9.17, 15) is 14.4 Å². The lowest BCUT2D eigenvalue weighted by Gasteiger charge is -2.28. The number of ether oxygens (including phenoxy) is 1. The number of carbonyl (C=O) groups excluding carboxylic acids is 2. The van der Waals surface area contributed by atoms with Crippen LogP contribution in [0.1, 0.15) is 46.4 Å². The van der Waals surface area contributed by atoms with E-state index in [1.165, 1.54) is 4.57 Å². The van der Waals surface area contributed by atoms with Gasteiger partial charge in [-0.25, -0.2) is 0 Å². The number of benzene rings is 2. The van der Waals surface area contributed by atoms with E-state index in [2.05, 4.69) is 5.32 Å². The second-order valence-corrected chi connectivity index (χ2v) is 8.38. The Morgan fingerprint density at radius 3 is 2.12 bits per heavy atom. The Bertz CT molecular complexity index is 1170. The van der Waals surface area contributed by atoms with Crippen molar-refractivity contribution >= 4 is 40.8 Å². The number of hydrogen-bond acceptors (Lipinski definition) is 5. The van der Waals surface area contributed by atoms with E-state index < -0.39 is 11.7 Å². The van der Waals surface area contributed by atoms with Crippen LogP contribution in [0.4, 0.5) is 5.69 Å². The molecular weight excluding hydrogens is 456 g/mol. The molecule has 2 N–H and O–H groups in total. The van der Waals surface area contributed by atoms with Crippen LogP contribution in [0.15, 0.2) is 47.3 Å². The number of hydrogen-bond donors (Lipinski definition) is 2. The van der Waals surface area contributed by atoms with Gasteiger partial charge in [0.25, 0.3) is 5.56 Å². The van der Waals surface area contributed by atoms with Gasteiger partial charge in [0.1, 0.15) is 0 Å². The molecular formula is C26H33ClN2O5.